The highest BCUT2D eigenvalue weighted by molar-refractivity contribution is 9.10. The first-order valence-electron chi connectivity index (χ1n) is 4.44. The zero-order valence-corrected chi connectivity index (χ0v) is 10.5. The molecular weight excluding hydrogens is 298 g/mol. The van der Waals surface area contributed by atoms with E-state index in [0.717, 1.165) is 0 Å². The van der Waals surface area contributed by atoms with Crippen LogP contribution in [0.2, 0.25) is 0 Å². The summed E-state index contributed by atoms with van der Waals surface area (Å²) in [6, 6.07) is 1.76. The first-order chi connectivity index (χ1) is 7.52. The molecule has 1 heterocycles. The molecule has 0 radical (unpaired) electrons. The average molecular weight is 308 g/mol. The van der Waals surface area contributed by atoms with Crippen LogP contribution >= 0.6 is 27.3 Å². The van der Waals surface area contributed by atoms with E-state index in [0.29, 0.717) is 9.35 Å². The van der Waals surface area contributed by atoms with Gasteiger partial charge in [0.1, 0.15) is 4.88 Å². The average Bonchev–Trinajstić information content (AvgIpc) is 2.64. The van der Waals surface area contributed by atoms with E-state index >= 15 is 0 Å². The SMILES string of the molecule is O=C(NCC[C@H](O)C(=O)O)c1sccc1Br. The topological polar surface area (TPSA) is 86.6 Å². The van der Waals surface area contributed by atoms with Crippen molar-refractivity contribution in [2.75, 3.05) is 6.54 Å². The number of hydrogen-bond donors (Lipinski definition) is 3. The molecule has 0 saturated heterocycles. The van der Waals surface area contributed by atoms with Gasteiger partial charge < -0.3 is 15.5 Å². The Kier molecular flexibility index (Phi) is 4.91. The molecule has 0 aromatic carbocycles. The number of halogens is 1. The molecular formula is C9H10BrNO4S. The Morgan fingerprint density at radius 2 is 2.25 bits per heavy atom. The lowest BCUT2D eigenvalue weighted by Crippen LogP contribution is -2.29. The Morgan fingerprint density at radius 3 is 2.75 bits per heavy atom. The number of carbonyl (C=O) groups is 2. The van der Waals surface area contributed by atoms with E-state index in [1.807, 2.05) is 0 Å². The second-order valence-electron chi connectivity index (χ2n) is 3.00. The molecule has 7 heteroatoms. The number of amides is 1. The van der Waals surface area contributed by atoms with Gasteiger partial charge in [0.2, 0.25) is 0 Å². The molecule has 0 bridgehead atoms. The zero-order chi connectivity index (χ0) is 12.1. The molecule has 5 nitrogen and oxygen atoms in total. The number of aliphatic hydroxyl groups excluding tert-OH is 1. The van der Waals surface area contributed by atoms with Gasteiger partial charge in [-0.25, -0.2) is 4.79 Å². The fourth-order valence-electron chi connectivity index (χ4n) is 0.982. The number of carbonyl (C=O) groups excluding carboxylic acids is 1. The number of nitrogens with one attached hydrogen (secondary N) is 1. The highest BCUT2D eigenvalue weighted by atomic mass is 79.9. The third kappa shape index (κ3) is 3.58. The van der Waals surface area contributed by atoms with Gasteiger partial charge in [-0.05, 0) is 27.4 Å². The number of thiophene rings is 1. The molecule has 0 spiro atoms. The van der Waals surface area contributed by atoms with Crippen molar-refractivity contribution in [3.63, 3.8) is 0 Å². The van der Waals surface area contributed by atoms with Gasteiger partial charge >= 0.3 is 5.97 Å². The summed E-state index contributed by atoms with van der Waals surface area (Å²) in [5.41, 5.74) is 0. The minimum atomic E-state index is -1.44. The van der Waals surface area contributed by atoms with Crippen molar-refractivity contribution < 1.29 is 19.8 Å². The van der Waals surface area contributed by atoms with Crippen molar-refractivity contribution in [2.45, 2.75) is 12.5 Å². The van der Waals surface area contributed by atoms with E-state index in [9.17, 15) is 9.59 Å². The Hall–Kier alpha value is -0.920. The Labute approximate surface area is 104 Å². The fraction of sp³-hybridized carbons (Fsp3) is 0.333. The summed E-state index contributed by atoms with van der Waals surface area (Å²) in [6.45, 7) is 0.122. The van der Waals surface area contributed by atoms with E-state index in [1.54, 1.807) is 11.4 Å². The lowest BCUT2D eigenvalue weighted by Gasteiger charge is -2.06. The first-order valence-corrected chi connectivity index (χ1v) is 6.11. The number of carboxylic acid groups (broad SMARTS) is 1. The minimum absolute atomic E-state index is 0.00985. The fourth-order valence-corrected chi connectivity index (χ4v) is 2.45. The van der Waals surface area contributed by atoms with E-state index in [-0.39, 0.29) is 18.9 Å². The van der Waals surface area contributed by atoms with E-state index in [4.69, 9.17) is 10.2 Å². The summed E-state index contributed by atoms with van der Waals surface area (Å²) in [5, 5.41) is 21.7. The Morgan fingerprint density at radius 1 is 1.56 bits per heavy atom. The number of rotatable bonds is 5. The van der Waals surface area contributed by atoms with Crippen molar-refractivity contribution in [3.8, 4) is 0 Å². The van der Waals surface area contributed by atoms with Crippen LogP contribution in [-0.2, 0) is 4.79 Å². The van der Waals surface area contributed by atoms with Crippen molar-refractivity contribution >= 4 is 39.1 Å². The Bertz CT molecular complexity index is 393. The van der Waals surface area contributed by atoms with E-state index in [2.05, 4.69) is 21.2 Å². The molecule has 0 fully saturated rings. The summed E-state index contributed by atoms with van der Waals surface area (Å²) in [6.07, 6.45) is -1.45. The second kappa shape index (κ2) is 5.97. The highest BCUT2D eigenvalue weighted by Crippen LogP contribution is 2.22. The maximum absolute atomic E-state index is 11.5. The molecule has 0 aliphatic carbocycles. The van der Waals surface area contributed by atoms with Gasteiger partial charge in [0, 0.05) is 17.4 Å². The minimum Gasteiger partial charge on any atom is -0.479 e. The van der Waals surface area contributed by atoms with Crippen LogP contribution in [0.1, 0.15) is 16.1 Å². The lowest BCUT2D eigenvalue weighted by atomic mass is 10.2. The van der Waals surface area contributed by atoms with Gasteiger partial charge in [0.05, 0.1) is 0 Å². The van der Waals surface area contributed by atoms with Crippen molar-refractivity contribution in [1.82, 2.24) is 5.32 Å². The monoisotopic (exact) mass is 307 g/mol. The van der Waals surface area contributed by atoms with Crippen LogP contribution in [0.3, 0.4) is 0 Å². The molecule has 16 heavy (non-hydrogen) atoms. The first kappa shape index (κ1) is 13.1. The molecule has 1 aromatic rings. The molecule has 0 unspecified atom stereocenters. The van der Waals surface area contributed by atoms with E-state index < -0.39 is 12.1 Å². The van der Waals surface area contributed by atoms with Crippen LogP contribution in [0.15, 0.2) is 15.9 Å². The molecule has 0 aliphatic rings. The number of aliphatic hydroxyl groups is 1. The smallest absolute Gasteiger partial charge is 0.332 e. The third-order valence-corrected chi connectivity index (χ3v) is 3.65. The summed E-state index contributed by atoms with van der Waals surface area (Å²) in [7, 11) is 0. The van der Waals surface area contributed by atoms with Crippen LogP contribution in [0, 0.1) is 0 Å². The quantitative estimate of drug-likeness (QED) is 0.759. The number of hydrogen-bond acceptors (Lipinski definition) is 4. The van der Waals surface area contributed by atoms with Crippen molar-refractivity contribution in [2.24, 2.45) is 0 Å². The van der Waals surface area contributed by atoms with Crippen LogP contribution in [0.25, 0.3) is 0 Å². The van der Waals surface area contributed by atoms with Crippen LogP contribution in [0.4, 0.5) is 0 Å². The molecule has 88 valence electrons. The van der Waals surface area contributed by atoms with E-state index in [1.165, 1.54) is 11.3 Å². The highest BCUT2D eigenvalue weighted by Gasteiger charge is 2.14. The molecule has 1 amide bonds. The van der Waals surface area contributed by atoms with Gasteiger partial charge in [0.25, 0.3) is 5.91 Å². The molecule has 3 N–H and O–H groups in total. The van der Waals surface area contributed by atoms with Crippen LogP contribution in [-0.4, -0.2) is 34.7 Å². The third-order valence-electron chi connectivity index (χ3n) is 1.81. The summed E-state index contributed by atoms with van der Waals surface area (Å²) >= 11 is 4.50. The van der Waals surface area contributed by atoms with Gasteiger partial charge in [-0.3, -0.25) is 4.79 Å². The van der Waals surface area contributed by atoms with Crippen LogP contribution < -0.4 is 5.32 Å². The molecule has 0 saturated carbocycles. The van der Waals surface area contributed by atoms with Gasteiger partial charge in [-0.1, -0.05) is 0 Å². The van der Waals surface area contributed by atoms with Gasteiger partial charge in [-0.2, -0.15) is 0 Å². The largest absolute Gasteiger partial charge is 0.479 e. The molecule has 0 aliphatic heterocycles. The maximum Gasteiger partial charge on any atom is 0.332 e. The number of carboxylic acids is 1. The van der Waals surface area contributed by atoms with Crippen molar-refractivity contribution in [1.29, 1.82) is 0 Å². The van der Waals surface area contributed by atoms with Crippen LogP contribution in [0.5, 0.6) is 0 Å². The van der Waals surface area contributed by atoms with Crippen molar-refractivity contribution in [3.05, 3.63) is 20.8 Å². The zero-order valence-electron chi connectivity index (χ0n) is 8.14. The van der Waals surface area contributed by atoms with Gasteiger partial charge in [-0.15, -0.1) is 11.3 Å². The second-order valence-corrected chi connectivity index (χ2v) is 4.77. The summed E-state index contributed by atoms with van der Waals surface area (Å²) < 4.78 is 0.703. The lowest BCUT2D eigenvalue weighted by molar-refractivity contribution is -0.146. The molecule has 1 atom stereocenters. The normalized spacial score (nSPS) is 12.1. The predicted molar refractivity (Wildman–Crippen MR) is 62.6 cm³/mol. The summed E-state index contributed by atoms with van der Waals surface area (Å²) in [5.74, 6) is -1.56. The standard InChI is InChI=1S/C9H10BrNO4S/c10-5-2-4-16-7(5)8(13)11-3-1-6(12)9(14)15/h2,4,6,12H,1,3H2,(H,11,13)(H,14,15)/t6-/m0/s1. The number of aliphatic carboxylic acids is 1. The maximum atomic E-state index is 11.5. The molecule has 1 rings (SSSR count). The molecule has 1 aromatic heterocycles. The van der Waals surface area contributed by atoms with Gasteiger partial charge in [0.15, 0.2) is 6.10 Å². The Balaban J connectivity index is 2.37. The summed E-state index contributed by atoms with van der Waals surface area (Å²) in [4.78, 5) is 22.3. The predicted octanol–water partition coefficient (Wildman–Crippen LogP) is 1.08.